The number of nitrogens with one attached hydrogen (secondary N) is 2. The van der Waals surface area contributed by atoms with E-state index in [0.29, 0.717) is 39.3 Å². The van der Waals surface area contributed by atoms with Crippen molar-refractivity contribution < 1.29 is 9.59 Å². The molecule has 1 saturated heterocycles. The highest BCUT2D eigenvalue weighted by atomic mass is 16.2. The van der Waals surface area contributed by atoms with Crippen LogP contribution in [-0.4, -0.2) is 61.0 Å². The summed E-state index contributed by atoms with van der Waals surface area (Å²) in [6.45, 7) is 7.12. The largest absolute Gasteiger partial charge is 0.352 e. The Morgan fingerprint density at radius 1 is 1.12 bits per heavy atom. The normalized spacial score (nSPS) is 17.0. The molecule has 0 unspecified atom stereocenters. The smallest absolute Gasteiger partial charge is 0.321 e. The van der Waals surface area contributed by atoms with Crippen molar-refractivity contribution in [3.05, 3.63) is 42.0 Å². The van der Waals surface area contributed by atoms with Crippen molar-refractivity contribution in [3.63, 3.8) is 0 Å². The van der Waals surface area contributed by atoms with E-state index in [2.05, 4.69) is 34.2 Å². The molecule has 2 N–H and O–H groups in total. The van der Waals surface area contributed by atoms with Crippen LogP contribution in [0.3, 0.4) is 0 Å². The second-order valence-electron chi connectivity index (χ2n) is 6.62. The van der Waals surface area contributed by atoms with Crippen LogP contribution in [0.25, 0.3) is 0 Å². The second-order valence-corrected chi connectivity index (χ2v) is 6.62. The van der Waals surface area contributed by atoms with E-state index in [1.165, 1.54) is 17.5 Å². The fourth-order valence-electron chi connectivity index (χ4n) is 3.41. The molecule has 1 aromatic rings. The summed E-state index contributed by atoms with van der Waals surface area (Å²) in [6.07, 6.45) is 5.12. The third kappa shape index (κ3) is 4.60. The van der Waals surface area contributed by atoms with Crippen LogP contribution < -0.4 is 10.6 Å². The molecule has 0 radical (unpaired) electrons. The fraction of sp³-hybridized carbons (Fsp3) is 0.474. The van der Waals surface area contributed by atoms with Crippen molar-refractivity contribution in [2.75, 3.05) is 44.6 Å². The molecule has 0 atom stereocenters. The number of carbonyl (C=O) groups excluding carboxylic acids is 2. The molecule has 1 aliphatic heterocycles. The standard InChI is InChI=1S/C19H26N4O2/c1-2-8-20-18(24)14-22-9-11-23(12-10-22)19(25)21-17-7-6-15-4-3-5-16(15)13-17/h2,6-7,13H,1,3-5,8-12,14H2,(H,20,24)(H,21,25). The number of hydrogen-bond acceptors (Lipinski definition) is 3. The molecule has 3 amide bonds. The lowest BCUT2D eigenvalue weighted by molar-refractivity contribution is -0.122. The molecule has 0 aromatic heterocycles. The number of carbonyl (C=O) groups is 2. The summed E-state index contributed by atoms with van der Waals surface area (Å²) in [5, 5.41) is 5.78. The van der Waals surface area contributed by atoms with Gasteiger partial charge in [0.1, 0.15) is 0 Å². The first-order valence-corrected chi connectivity index (χ1v) is 8.93. The van der Waals surface area contributed by atoms with Gasteiger partial charge in [-0.1, -0.05) is 12.1 Å². The van der Waals surface area contributed by atoms with Crippen LogP contribution in [0.2, 0.25) is 0 Å². The van der Waals surface area contributed by atoms with Gasteiger partial charge >= 0.3 is 6.03 Å². The second kappa shape index (κ2) is 8.16. The Kier molecular flexibility index (Phi) is 5.71. The third-order valence-electron chi connectivity index (χ3n) is 4.82. The first-order chi connectivity index (χ1) is 12.2. The third-order valence-corrected chi connectivity index (χ3v) is 4.82. The van der Waals surface area contributed by atoms with Crippen LogP contribution in [0.4, 0.5) is 10.5 Å². The maximum atomic E-state index is 12.4. The molecule has 1 heterocycles. The monoisotopic (exact) mass is 342 g/mol. The summed E-state index contributed by atoms with van der Waals surface area (Å²) in [4.78, 5) is 28.0. The SMILES string of the molecule is C=CCNC(=O)CN1CCN(C(=O)Nc2ccc3c(c2)CCC3)CC1. The van der Waals surface area contributed by atoms with Gasteiger partial charge in [-0.2, -0.15) is 0 Å². The van der Waals surface area contributed by atoms with Crippen molar-refractivity contribution >= 4 is 17.6 Å². The number of hydrogen-bond donors (Lipinski definition) is 2. The van der Waals surface area contributed by atoms with E-state index in [4.69, 9.17) is 0 Å². The molecule has 134 valence electrons. The molecule has 3 rings (SSSR count). The number of fused-ring (bicyclic) bond motifs is 1. The average molecular weight is 342 g/mol. The Labute approximate surface area is 148 Å². The molecule has 1 fully saturated rings. The van der Waals surface area contributed by atoms with Gasteiger partial charge in [-0.05, 0) is 42.5 Å². The van der Waals surface area contributed by atoms with Crippen molar-refractivity contribution in [1.82, 2.24) is 15.1 Å². The van der Waals surface area contributed by atoms with Gasteiger partial charge in [-0.15, -0.1) is 6.58 Å². The summed E-state index contributed by atoms with van der Waals surface area (Å²) in [5.41, 5.74) is 3.63. The van der Waals surface area contributed by atoms with E-state index >= 15 is 0 Å². The van der Waals surface area contributed by atoms with E-state index in [1.807, 2.05) is 11.0 Å². The highest BCUT2D eigenvalue weighted by molar-refractivity contribution is 5.89. The van der Waals surface area contributed by atoms with E-state index in [1.54, 1.807) is 6.08 Å². The maximum Gasteiger partial charge on any atom is 0.321 e. The molecule has 6 heteroatoms. The predicted molar refractivity (Wildman–Crippen MR) is 98.7 cm³/mol. The molecular weight excluding hydrogens is 316 g/mol. The van der Waals surface area contributed by atoms with Crippen LogP contribution in [0.1, 0.15) is 17.5 Å². The lowest BCUT2D eigenvalue weighted by Gasteiger charge is -2.34. The number of piperazine rings is 1. The highest BCUT2D eigenvalue weighted by Crippen LogP contribution is 2.25. The molecule has 0 spiro atoms. The van der Waals surface area contributed by atoms with E-state index < -0.39 is 0 Å². The Morgan fingerprint density at radius 3 is 2.64 bits per heavy atom. The van der Waals surface area contributed by atoms with Gasteiger partial charge in [0.05, 0.1) is 6.54 Å². The lowest BCUT2D eigenvalue weighted by atomic mass is 10.1. The van der Waals surface area contributed by atoms with Crippen molar-refractivity contribution in [3.8, 4) is 0 Å². The first-order valence-electron chi connectivity index (χ1n) is 8.93. The topological polar surface area (TPSA) is 64.7 Å². The first kappa shape index (κ1) is 17.5. The van der Waals surface area contributed by atoms with Crippen LogP contribution >= 0.6 is 0 Å². The molecule has 1 aliphatic carbocycles. The number of anilines is 1. The average Bonchev–Trinajstić information content (AvgIpc) is 3.08. The predicted octanol–water partition coefficient (Wildman–Crippen LogP) is 1.63. The molecule has 0 bridgehead atoms. The minimum absolute atomic E-state index is 0.00376. The minimum Gasteiger partial charge on any atom is -0.352 e. The Morgan fingerprint density at radius 2 is 1.88 bits per heavy atom. The van der Waals surface area contributed by atoms with E-state index in [9.17, 15) is 9.59 Å². The number of amides is 3. The van der Waals surface area contributed by atoms with Gasteiger partial charge in [-0.3, -0.25) is 9.69 Å². The van der Waals surface area contributed by atoms with Crippen molar-refractivity contribution in [2.24, 2.45) is 0 Å². The number of benzene rings is 1. The summed E-state index contributed by atoms with van der Waals surface area (Å²) in [6, 6.07) is 6.15. The fourth-order valence-corrected chi connectivity index (χ4v) is 3.41. The zero-order valence-electron chi connectivity index (χ0n) is 14.6. The number of aryl methyl sites for hydroxylation is 2. The van der Waals surface area contributed by atoms with Crippen molar-refractivity contribution in [2.45, 2.75) is 19.3 Å². The van der Waals surface area contributed by atoms with Gasteiger partial charge in [0.2, 0.25) is 5.91 Å². The maximum absolute atomic E-state index is 12.4. The van der Waals surface area contributed by atoms with Crippen LogP contribution in [0, 0.1) is 0 Å². The van der Waals surface area contributed by atoms with Crippen molar-refractivity contribution in [1.29, 1.82) is 0 Å². The van der Waals surface area contributed by atoms with Gasteiger partial charge in [0.25, 0.3) is 0 Å². The molecule has 1 aromatic carbocycles. The Bertz CT molecular complexity index is 651. The van der Waals surface area contributed by atoms with Gasteiger partial charge < -0.3 is 15.5 Å². The molecular formula is C19H26N4O2. The Hall–Kier alpha value is -2.34. The zero-order chi connectivity index (χ0) is 17.6. The molecule has 6 nitrogen and oxygen atoms in total. The molecule has 2 aliphatic rings. The number of rotatable bonds is 5. The zero-order valence-corrected chi connectivity index (χ0v) is 14.6. The number of urea groups is 1. The summed E-state index contributed by atoms with van der Waals surface area (Å²) >= 11 is 0. The van der Waals surface area contributed by atoms with E-state index in [0.717, 1.165) is 18.5 Å². The lowest BCUT2D eigenvalue weighted by Crippen LogP contribution is -2.52. The van der Waals surface area contributed by atoms with Gasteiger partial charge in [0.15, 0.2) is 0 Å². The highest BCUT2D eigenvalue weighted by Gasteiger charge is 2.22. The van der Waals surface area contributed by atoms with Gasteiger partial charge in [-0.25, -0.2) is 4.79 Å². The summed E-state index contributed by atoms with van der Waals surface area (Å²) in [5.74, 6) is -0.00376. The van der Waals surface area contributed by atoms with Gasteiger partial charge in [0, 0.05) is 38.4 Å². The summed E-state index contributed by atoms with van der Waals surface area (Å²) in [7, 11) is 0. The van der Waals surface area contributed by atoms with E-state index in [-0.39, 0.29) is 11.9 Å². The van der Waals surface area contributed by atoms with Crippen LogP contribution in [0.5, 0.6) is 0 Å². The minimum atomic E-state index is -0.0614. The number of nitrogens with zero attached hydrogens (tertiary/aromatic N) is 2. The van der Waals surface area contributed by atoms with Crippen LogP contribution in [0.15, 0.2) is 30.9 Å². The quantitative estimate of drug-likeness (QED) is 0.800. The Balaban J connectivity index is 1.45. The summed E-state index contributed by atoms with van der Waals surface area (Å²) < 4.78 is 0. The molecule has 0 saturated carbocycles. The van der Waals surface area contributed by atoms with Crippen LogP contribution in [-0.2, 0) is 17.6 Å². The molecule has 25 heavy (non-hydrogen) atoms.